The van der Waals surface area contributed by atoms with Gasteiger partial charge >= 0.3 is 5.97 Å². The van der Waals surface area contributed by atoms with Crippen LogP contribution >= 0.6 is 23.2 Å². The number of ether oxygens (including phenoxy) is 1. The highest BCUT2D eigenvalue weighted by atomic mass is 35.5. The van der Waals surface area contributed by atoms with E-state index >= 15 is 0 Å². The zero-order valence-corrected chi connectivity index (χ0v) is 13.0. The molecule has 110 valence electrons. The van der Waals surface area contributed by atoms with Crippen molar-refractivity contribution in [1.82, 2.24) is 0 Å². The number of rotatable bonds is 5. The molecule has 1 atom stereocenters. The van der Waals surface area contributed by atoms with E-state index in [1.807, 2.05) is 36.4 Å². The second-order valence-electron chi connectivity index (χ2n) is 4.47. The molecule has 2 rings (SSSR count). The van der Waals surface area contributed by atoms with Gasteiger partial charge in [-0.15, -0.1) is 0 Å². The highest BCUT2D eigenvalue weighted by Gasteiger charge is 2.21. The van der Waals surface area contributed by atoms with Crippen LogP contribution in [0.25, 0.3) is 0 Å². The fourth-order valence-electron chi connectivity index (χ4n) is 2.02. The Balaban J connectivity index is 2.17. The zero-order valence-electron chi connectivity index (χ0n) is 11.5. The number of anilines is 1. The molecule has 1 unspecified atom stereocenters. The molecule has 21 heavy (non-hydrogen) atoms. The predicted octanol–water partition coefficient (Wildman–Crippen LogP) is 4.36. The lowest BCUT2D eigenvalue weighted by molar-refractivity contribution is -0.142. The molecule has 2 aromatic carbocycles. The zero-order chi connectivity index (χ0) is 15.2. The number of nitrogens with one attached hydrogen (secondary N) is 1. The maximum Gasteiger partial charge on any atom is 0.314 e. The van der Waals surface area contributed by atoms with Crippen molar-refractivity contribution >= 4 is 34.9 Å². The van der Waals surface area contributed by atoms with Crippen molar-refractivity contribution in [3.8, 4) is 0 Å². The smallest absolute Gasteiger partial charge is 0.314 e. The molecule has 5 heteroatoms. The average Bonchev–Trinajstić information content (AvgIpc) is 2.52. The first kappa shape index (κ1) is 15.7. The van der Waals surface area contributed by atoms with Gasteiger partial charge in [0.2, 0.25) is 0 Å². The van der Waals surface area contributed by atoms with Crippen molar-refractivity contribution in [3.63, 3.8) is 0 Å². The van der Waals surface area contributed by atoms with Crippen molar-refractivity contribution in [3.05, 3.63) is 64.1 Å². The van der Waals surface area contributed by atoms with Gasteiger partial charge in [0.25, 0.3) is 0 Å². The fraction of sp³-hybridized carbons (Fsp3) is 0.188. The summed E-state index contributed by atoms with van der Waals surface area (Å²) >= 11 is 12.1. The van der Waals surface area contributed by atoms with Crippen LogP contribution in [-0.4, -0.2) is 19.6 Å². The van der Waals surface area contributed by atoms with Crippen molar-refractivity contribution in [2.45, 2.75) is 5.92 Å². The Bertz CT molecular complexity index is 617. The molecule has 0 radical (unpaired) electrons. The lowest BCUT2D eigenvalue weighted by atomic mass is 9.99. The van der Waals surface area contributed by atoms with Crippen LogP contribution in [-0.2, 0) is 9.53 Å². The summed E-state index contributed by atoms with van der Waals surface area (Å²) in [4.78, 5) is 12.0. The number of halogens is 2. The molecule has 0 saturated heterocycles. The lowest BCUT2D eigenvalue weighted by Gasteiger charge is -2.17. The number of hydrogen-bond acceptors (Lipinski definition) is 3. The largest absolute Gasteiger partial charge is 0.468 e. The maximum absolute atomic E-state index is 12.0. The maximum atomic E-state index is 12.0. The van der Waals surface area contributed by atoms with E-state index in [0.717, 1.165) is 5.56 Å². The SMILES string of the molecule is COC(=O)C(CNc1cccc(Cl)c1Cl)c1ccccc1. The number of carbonyl (C=O) groups is 1. The number of hydrogen-bond donors (Lipinski definition) is 1. The van der Waals surface area contributed by atoms with E-state index in [-0.39, 0.29) is 5.97 Å². The van der Waals surface area contributed by atoms with Gasteiger partial charge in [-0.3, -0.25) is 4.79 Å². The molecule has 0 bridgehead atoms. The van der Waals surface area contributed by atoms with Gasteiger partial charge in [-0.2, -0.15) is 0 Å². The summed E-state index contributed by atoms with van der Waals surface area (Å²) < 4.78 is 4.87. The molecule has 0 aliphatic rings. The van der Waals surface area contributed by atoms with E-state index in [0.29, 0.717) is 22.3 Å². The molecule has 0 heterocycles. The molecule has 0 fully saturated rings. The van der Waals surface area contributed by atoms with Gasteiger partial charge in [0.15, 0.2) is 0 Å². The average molecular weight is 324 g/mol. The van der Waals surface area contributed by atoms with Crippen LogP contribution < -0.4 is 5.32 Å². The van der Waals surface area contributed by atoms with E-state index in [4.69, 9.17) is 27.9 Å². The molecule has 3 nitrogen and oxygen atoms in total. The fourth-order valence-corrected chi connectivity index (χ4v) is 2.38. The molecule has 0 amide bonds. The highest BCUT2D eigenvalue weighted by Crippen LogP contribution is 2.30. The van der Waals surface area contributed by atoms with Gasteiger partial charge in [0.05, 0.1) is 28.8 Å². The first-order chi connectivity index (χ1) is 10.1. The first-order valence-corrected chi connectivity index (χ1v) is 7.19. The van der Waals surface area contributed by atoms with Gasteiger partial charge in [-0.25, -0.2) is 0 Å². The molecule has 0 spiro atoms. The molecule has 2 aromatic rings. The Morgan fingerprint density at radius 2 is 1.86 bits per heavy atom. The predicted molar refractivity (Wildman–Crippen MR) is 86.2 cm³/mol. The van der Waals surface area contributed by atoms with Crippen LogP contribution in [0.4, 0.5) is 5.69 Å². The first-order valence-electron chi connectivity index (χ1n) is 6.44. The number of carbonyl (C=O) groups excluding carboxylic acids is 1. The minimum absolute atomic E-state index is 0.299. The van der Waals surface area contributed by atoms with Gasteiger partial charge in [0.1, 0.15) is 0 Å². The van der Waals surface area contributed by atoms with Crippen LogP contribution in [0.1, 0.15) is 11.5 Å². The standard InChI is InChI=1S/C16H15Cl2NO2/c1-21-16(20)12(11-6-3-2-4-7-11)10-19-14-9-5-8-13(17)15(14)18/h2-9,12,19H,10H2,1H3. The number of benzene rings is 2. The molecule has 0 aliphatic carbocycles. The molecule has 0 saturated carbocycles. The van der Waals surface area contributed by atoms with Crippen LogP contribution in [0, 0.1) is 0 Å². The number of methoxy groups -OCH3 is 1. The molecule has 0 aromatic heterocycles. The van der Waals surface area contributed by atoms with Gasteiger partial charge in [0, 0.05) is 6.54 Å². The normalized spacial score (nSPS) is 11.8. The lowest BCUT2D eigenvalue weighted by Crippen LogP contribution is -2.22. The third-order valence-electron chi connectivity index (χ3n) is 3.14. The van der Waals surface area contributed by atoms with E-state index in [2.05, 4.69) is 5.32 Å². The van der Waals surface area contributed by atoms with Crippen LogP contribution in [0.2, 0.25) is 10.0 Å². The van der Waals surface area contributed by atoms with Gasteiger partial charge < -0.3 is 10.1 Å². The topological polar surface area (TPSA) is 38.3 Å². The van der Waals surface area contributed by atoms with E-state index < -0.39 is 5.92 Å². The van der Waals surface area contributed by atoms with E-state index in [9.17, 15) is 4.79 Å². The monoisotopic (exact) mass is 323 g/mol. The molecule has 0 aliphatic heterocycles. The summed E-state index contributed by atoms with van der Waals surface area (Å²) in [5, 5.41) is 4.06. The highest BCUT2D eigenvalue weighted by molar-refractivity contribution is 6.43. The van der Waals surface area contributed by atoms with Crippen molar-refractivity contribution in [2.75, 3.05) is 19.0 Å². The summed E-state index contributed by atoms with van der Waals surface area (Å²) in [6.45, 7) is 0.372. The minimum Gasteiger partial charge on any atom is -0.468 e. The number of esters is 1. The summed E-state index contributed by atoms with van der Waals surface area (Å²) in [6, 6.07) is 14.8. The van der Waals surface area contributed by atoms with E-state index in [1.54, 1.807) is 12.1 Å². The van der Waals surface area contributed by atoms with Gasteiger partial charge in [-0.1, -0.05) is 59.6 Å². The molecular weight excluding hydrogens is 309 g/mol. The second kappa shape index (κ2) is 7.34. The third-order valence-corrected chi connectivity index (χ3v) is 3.95. The summed E-state index contributed by atoms with van der Waals surface area (Å²) in [5.41, 5.74) is 1.57. The Morgan fingerprint density at radius 1 is 1.14 bits per heavy atom. The van der Waals surface area contributed by atoms with Crippen LogP contribution in [0.3, 0.4) is 0 Å². The Morgan fingerprint density at radius 3 is 2.52 bits per heavy atom. The van der Waals surface area contributed by atoms with Crippen LogP contribution in [0.5, 0.6) is 0 Å². The second-order valence-corrected chi connectivity index (χ2v) is 5.25. The Labute approximate surface area is 133 Å². The minimum atomic E-state index is -0.411. The van der Waals surface area contributed by atoms with E-state index in [1.165, 1.54) is 7.11 Å². The Kier molecular flexibility index (Phi) is 5.48. The molecule has 1 N–H and O–H groups in total. The van der Waals surface area contributed by atoms with Crippen molar-refractivity contribution in [1.29, 1.82) is 0 Å². The quantitative estimate of drug-likeness (QED) is 0.831. The van der Waals surface area contributed by atoms with Crippen molar-refractivity contribution in [2.24, 2.45) is 0 Å². The molecular formula is C16H15Cl2NO2. The van der Waals surface area contributed by atoms with Crippen molar-refractivity contribution < 1.29 is 9.53 Å². The van der Waals surface area contributed by atoms with Crippen LogP contribution in [0.15, 0.2) is 48.5 Å². The van der Waals surface area contributed by atoms with Gasteiger partial charge in [-0.05, 0) is 17.7 Å². The summed E-state index contributed by atoms with van der Waals surface area (Å²) in [5.74, 6) is -0.710. The third kappa shape index (κ3) is 3.90. The Hall–Kier alpha value is -1.71. The summed E-state index contributed by atoms with van der Waals surface area (Å²) in [7, 11) is 1.38. The summed E-state index contributed by atoms with van der Waals surface area (Å²) in [6.07, 6.45) is 0.